The first-order valence-electron chi connectivity index (χ1n) is 5.90. The predicted octanol–water partition coefficient (Wildman–Crippen LogP) is 1.46. The van der Waals surface area contributed by atoms with E-state index in [-0.39, 0.29) is 11.3 Å². The third-order valence-electron chi connectivity index (χ3n) is 2.95. The number of aromatic carboxylic acids is 1. The normalized spacial score (nSPS) is 10.4. The lowest BCUT2D eigenvalue weighted by molar-refractivity contribution is -0.385. The minimum atomic E-state index is -1.45. The van der Waals surface area contributed by atoms with Crippen molar-refractivity contribution in [1.82, 2.24) is 9.78 Å². The largest absolute Gasteiger partial charge is 0.476 e. The number of benzene rings is 1. The van der Waals surface area contributed by atoms with Crippen molar-refractivity contribution in [3.05, 3.63) is 61.6 Å². The molecule has 8 heteroatoms. The zero-order valence-corrected chi connectivity index (χ0v) is 11.2. The lowest BCUT2D eigenvalue weighted by atomic mass is 10.2. The molecule has 1 aromatic heterocycles. The van der Waals surface area contributed by atoms with Crippen LogP contribution < -0.4 is 5.43 Å². The smallest absolute Gasteiger partial charge is 0.360 e. The highest BCUT2D eigenvalue weighted by Crippen LogP contribution is 2.21. The zero-order valence-electron chi connectivity index (χ0n) is 11.2. The van der Waals surface area contributed by atoms with E-state index in [1.807, 2.05) is 0 Å². The number of aryl methyl sites for hydroxylation is 2. The van der Waals surface area contributed by atoms with Crippen LogP contribution in [-0.4, -0.2) is 25.8 Å². The second-order valence-corrected chi connectivity index (χ2v) is 4.47. The number of aromatic nitrogens is 2. The molecule has 0 aliphatic heterocycles. The first-order valence-corrected chi connectivity index (χ1v) is 5.90. The van der Waals surface area contributed by atoms with E-state index in [9.17, 15) is 19.7 Å². The van der Waals surface area contributed by atoms with E-state index in [1.54, 1.807) is 13.0 Å². The van der Waals surface area contributed by atoms with Gasteiger partial charge in [0.2, 0.25) is 11.1 Å². The first-order chi connectivity index (χ1) is 9.81. The van der Waals surface area contributed by atoms with Crippen LogP contribution in [0.15, 0.2) is 29.2 Å². The summed E-state index contributed by atoms with van der Waals surface area (Å²) in [4.78, 5) is 33.1. The summed E-state index contributed by atoms with van der Waals surface area (Å²) in [6, 6.07) is 4.37. The summed E-state index contributed by atoms with van der Waals surface area (Å²) in [6.07, 6.45) is 1.34. The van der Waals surface area contributed by atoms with Gasteiger partial charge in [-0.1, -0.05) is 6.07 Å². The average molecular weight is 289 g/mol. The highest BCUT2D eigenvalue weighted by molar-refractivity contribution is 5.85. The Bertz CT molecular complexity index is 810. The standard InChI is InChI=1S/C13H11N3O5/c1-7-3-4-9(5-10(7)16(20)21)15-6-8(2)12(17)11(14-15)13(18)19/h3-6H,1-2H3,(H,18,19). The van der Waals surface area contributed by atoms with E-state index in [1.165, 1.54) is 25.3 Å². The van der Waals surface area contributed by atoms with E-state index >= 15 is 0 Å². The van der Waals surface area contributed by atoms with Crippen molar-refractivity contribution in [3.8, 4) is 5.69 Å². The van der Waals surface area contributed by atoms with Crippen LogP contribution in [0.4, 0.5) is 5.69 Å². The second kappa shape index (κ2) is 5.16. The number of nitrogens with zero attached hydrogens (tertiary/aromatic N) is 3. The second-order valence-electron chi connectivity index (χ2n) is 4.47. The van der Waals surface area contributed by atoms with Crippen molar-refractivity contribution in [2.24, 2.45) is 0 Å². The Morgan fingerprint density at radius 3 is 2.57 bits per heavy atom. The lowest BCUT2D eigenvalue weighted by Gasteiger charge is -2.08. The molecule has 0 saturated carbocycles. The number of hydrogen-bond acceptors (Lipinski definition) is 5. The predicted molar refractivity (Wildman–Crippen MR) is 72.9 cm³/mol. The van der Waals surface area contributed by atoms with Crippen LogP contribution in [0.5, 0.6) is 0 Å². The van der Waals surface area contributed by atoms with Crippen molar-refractivity contribution >= 4 is 11.7 Å². The molecule has 108 valence electrons. The summed E-state index contributed by atoms with van der Waals surface area (Å²) in [5.41, 5.74) is -0.454. The van der Waals surface area contributed by atoms with Crippen LogP contribution in [-0.2, 0) is 0 Å². The highest BCUT2D eigenvalue weighted by atomic mass is 16.6. The summed E-state index contributed by atoms with van der Waals surface area (Å²) >= 11 is 0. The topological polar surface area (TPSA) is 115 Å². The van der Waals surface area contributed by atoms with Gasteiger partial charge in [0, 0.05) is 23.4 Å². The number of nitro groups is 1. The number of carboxylic acids is 1. The van der Waals surface area contributed by atoms with Crippen LogP contribution in [0.2, 0.25) is 0 Å². The molecule has 0 unspecified atom stereocenters. The van der Waals surface area contributed by atoms with Crippen LogP contribution in [0, 0.1) is 24.0 Å². The number of rotatable bonds is 3. The third kappa shape index (κ3) is 2.64. The molecular weight excluding hydrogens is 278 g/mol. The number of nitro benzene ring substituents is 1. The Morgan fingerprint density at radius 2 is 2.00 bits per heavy atom. The fourth-order valence-corrected chi connectivity index (χ4v) is 1.82. The molecule has 0 atom stereocenters. The van der Waals surface area contributed by atoms with Crippen LogP contribution >= 0.6 is 0 Å². The van der Waals surface area contributed by atoms with Crippen molar-refractivity contribution in [1.29, 1.82) is 0 Å². The molecule has 0 fully saturated rings. The number of carboxylic acid groups (broad SMARTS) is 1. The molecule has 1 aromatic carbocycles. The number of carbonyl (C=O) groups is 1. The van der Waals surface area contributed by atoms with E-state index in [0.717, 1.165) is 4.68 Å². The average Bonchev–Trinajstić information content (AvgIpc) is 2.41. The molecule has 0 saturated heterocycles. The summed E-state index contributed by atoms with van der Waals surface area (Å²) in [7, 11) is 0. The van der Waals surface area contributed by atoms with Gasteiger partial charge in [-0.15, -0.1) is 0 Å². The van der Waals surface area contributed by atoms with Crippen LogP contribution in [0.1, 0.15) is 21.6 Å². The molecule has 0 spiro atoms. The monoisotopic (exact) mass is 289 g/mol. The maximum atomic E-state index is 11.7. The maximum absolute atomic E-state index is 11.7. The fraction of sp³-hybridized carbons (Fsp3) is 0.154. The molecule has 21 heavy (non-hydrogen) atoms. The Balaban J connectivity index is 2.68. The Kier molecular flexibility index (Phi) is 3.53. The van der Waals surface area contributed by atoms with Gasteiger partial charge in [-0.3, -0.25) is 14.9 Å². The van der Waals surface area contributed by atoms with Crippen molar-refractivity contribution in [3.63, 3.8) is 0 Å². The van der Waals surface area contributed by atoms with E-state index in [0.29, 0.717) is 11.3 Å². The quantitative estimate of drug-likeness (QED) is 0.675. The Hall–Kier alpha value is -3.03. The molecule has 2 rings (SSSR count). The van der Waals surface area contributed by atoms with E-state index in [4.69, 9.17) is 5.11 Å². The van der Waals surface area contributed by atoms with Crippen LogP contribution in [0.3, 0.4) is 0 Å². The number of hydrogen-bond donors (Lipinski definition) is 1. The first kappa shape index (κ1) is 14.4. The van der Waals surface area contributed by atoms with Gasteiger partial charge in [0.25, 0.3) is 5.69 Å². The molecule has 0 radical (unpaired) electrons. The van der Waals surface area contributed by atoms with Crippen LogP contribution in [0.25, 0.3) is 5.69 Å². The van der Waals surface area contributed by atoms with Gasteiger partial charge in [0.15, 0.2) is 0 Å². The van der Waals surface area contributed by atoms with Crippen molar-refractivity contribution in [2.45, 2.75) is 13.8 Å². The van der Waals surface area contributed by atoms with Gasteiger partial charge in [0.1, 0.15) is 0 Å². The van der Waals surface area contributed by atoms with Gasteiger partial charge >= 0.3 is 5.97 Å². The Labute approximate surface area is 118 Å². The molecule has 0 aliphatic carbocycles. The summed E-state index contributed by atoms with van der Waals surface area (Å²) in [5, 5.41) is 23.6. The van der Waals surface area contributed by atoms with E-state index in [2.05, 4.69) is 5.10 Å². The molecule has 1 heterocycles. The SMILES string of the molecule is Cc1ccc(-n2cc(C)c(=O)c(C(=O)O)n2)cc1[N+](=O)[O-]. The molecule has 2 aromatic rings. The van der Waals surface area contributed by atoms with E-state index < -0.39 is 22.0 Å². The maximum Gasteiger partial charge on any atom is 0.360 e. The minimum absolute atomic E-state index is 0.109. The molecule has 0 bridgehead atoms. The summed E-state index contributed by atoms with van der Waals surface area (Å²) < 4.78 is 1.15. The van der Waals surface area contributed by atoms with Gasteiger partial charge in [-0.05, 0) is 19.9 Å². The summed E-state index contributed by atoms with van der Waals surface area (Å²) in [6.45, 7) is 3.05. The molecular formula is C13H11N3O5. The molecule has 0 aliphatic rings. The van der Waals surface area contributed by atoms with Crippen molar-refractivity contribution < 1.29 is 14.8 Å². The van der Waals surface area contributed by atoms with Gasteiger partial charge < -0.3 is 5.11 Å². The fourth-order valence-electron chi connectivity index (χ4n) is 1.82. The molecule has 0 amide bonds. The van der Waals surface area contributed by atoms with Crippen molar-refractivity contribution in [2.75, 3.05) is 0 Å². The highest BCUT2D eigenvalue weighted by Gasteiger charge is 2.16. The van der Waals surface area contributed by atoms with Gasteiger partial charge in [0.05, 0.1) is 10.6 Å². The minimum Gasteiger partial charge on any atom is -0.476 e. The zero-order chi connectivity index (χ0) is 15.7. The molecule has 1 N–H and O–H groups in total. The third-order valence-corrected chi connectivity index (χ3v) is 2.95. The van der Waals surface area contributed by atoms with Gasteiger partial charge in [-0.2, -0.15) is 5.10 Å². The van der Waals surface area contributed by atoms with Gasteiger partial charge in [-0.25, -0.2) is 9.48 Å². The lowest BCUT2D eigenvalue weighted by Crippen LogP contribution is -2.23. The molecule has 8 nitrogen and oxygen atoms in total. The summed E-state index contributed by atoms with van der Waals surface area (Å²) in [5.74, 6) is -1.45. The Morgan fingerprint density at radius 1 is 1.33 bits per heavy atom.